The maximum absolute atomic E-state index is 13.7. The average molecular weight is 582 g/mol. The van der Waals surface area contributed by atoms with Gasteiger partial charge in [0.1, 0.15) is 11.9 Å². The van der Waals surface area contributed by atoms with Gasteiger partial charge < -0.3 is 40.3 Å². The van der Waals surface area contributed by atoms with Gasteiger partial charge in [0.2, 0.25) is 0 Å². The van der Waals surface area contributed by atoms with Crippen molar-refractivity contribution in [1.82, 2.24) is 15.1 Å². The first-order valence-corrected chi connectivity index (χ1v) is 14.6. The van der Waals surface area contributed by atoms with Crippen LogP contribution in [0.2, 0.25) is 0 Å². The molecule has 11 heteroatoms. The van der Waals surface area contributed by atoms with E-state index in [-0.39, 0.29) is 48.4 Å². The number of para-hydroxylation sites is 1. The van der Waals surface area contributed by atoms with Gasteiger partial charge in [0.25, 0.3) is 5.91 Å². The molecule has 1 saturated carbocycles. The zero-order chi connectivity index (χ0) is 30.2. The van der Waals surface area contributed by atoms with E-state index in [0.717, 1.165) is 25.7 Å². The number of hydrogen-bond donors (Lipinski definition) is 4. The van der Waals surface area contributed by atoms with Crippen LogP contribution in [-0.2, 0) is 0 Å². The summed E-state index contributed by atoms with van der Waals surface area (Å²) in [7, 11) is 3.30. The van der Waals surface area contributed by atoms with E-state index in [1.54, 1.807) is 73.3 Å². The Labute approximate surface area is 247 Å². The number of hydrogen-bond acceptors (Lipinski definition) is 6. The number of rotatable bonds is 8. The van der Waals surface area contributed by atoms with Crippen molar-refractivity contribution in [1.29, 1.82) is 0 Å². The van der Waals surface area contributed by atoms with Crippen LogP contribution in [0.4, 0.5) is 21.0 Å². The molecule has 1 aliphatic carbocycles. The topological polar surface area (TPSA) is 132 Å². The van der Waals surface area contributed by atoms with Gasteiger partial charge in [-0.2, -0.15) is 0 Å². The maximum Gasteiger partial charge on any atom is 0.323 e. The van der Waals surface area contributed by atoms with Crippen LogP contribution in [0.1, 0.15) is 56.3 Å². The fourth-order valence-electron chi connectivity index (χ4n) is 5.40. The fourth-order valence-corrected chi connectivity index (χ4v) is 5.40. The molecule has 4 N–H and O–H groups in total. The van der Waals surface area contributed by atoms with Crippen LogP contribution >= 0.6 is 0 Å². The van der Waals surface area contributed by atoms with Crippen LogP contribution in [0.5, 0.6) is 11.5 Å². The number of carbonyl (C=O) groups is 3. The summed E-state index contributed by atoms with van der Waals surface area (Å²) in [6.45, 7) is 4.14. The SMILES string of the molecule is COc1ccc(NC(=O)Nc2cccc3c2O[C@H](CN(C)C(=O)NC2CCCCC2)[C@@H](C)CN([C@H](C)CO)C3=O)cc1. The molecule has 0 aromatic heterocycles. The summed E-state index contributed by atoms with van der Waals surface area (Å²) in [5.41, 5.74) is 1.14. The lowest BCUT2D eigenvalue weighted by molar-refractivity contribution is 0.0368. The first-order valence-electron chi connectivity index (χ1n) is 14.6. The molecule has 0 unspecified atom stereocenters. The molecule has 4 rings (SSSR count). The van der Waals surface area contributed by atoms with E-state index in [1.807, 2.05) is 6.92 Å². The van der Waals surface area contributed by atoms with E-state index in [1.165, 1.54) is 6.42 Å². The lowest BCUT2D eigenvalue weighted by Crippen LogP contribution is -2.52. The highest BCUT2D eigenvalue weighted by atomic mass is 16.5. The number of nitrogens with zero attached hydrogens (tertiary/aromatic N) is 2. The van der Waals surface area contributed by atoms with Crippen LogP contribution in [0, 0.1) is 5.92 Å². The summed E-state index contributed by atoms with van der Waals surface area (Å²) in [6, 6.07) is 11.0. The van der Waals surface area contributed by atoms with E-state index >= 15 is 0 Å². The molecule has 2 aliphatic rings. The largest absolute Gasteiger partial charge is 0.497 e. The molecule has 5 amide bonds. The Balaban J connectivity index is 1.58. The predicted molar refractivity (Wildman–Crippen MR) is 161 cm³/mol. The molecular formula is C31H43N5O6. The summed E-state index contributed by atoms with van der Waals surface area (Å²) in [4.78, 5) is 43.0. The Morgan fingerprint density at radius 2 is 1.83 bits per heavy atom. The molecule has 3 atom stereocenters. The standard InChI is InChI=1S/C31H43N5O6/c1-20-17-36(21(2)19-37)29(38)25-11-8-12-26(34-30(39)32-23-13-15-24(41-4)16-14-23)28(25)42-27(20)18-35(3)31(40)33-22-9-6-5-7-10-22/h8,11-16,20-22,27,37H,5-7,9-10,17-19H2,1-4H3,(H,33,40)(H2,32,34,39)/t20-,21+,27+/m0/s1. The van der Waals surface area contributed by atoms with Crippen molar-refractivity contribution in [2.24, 2.45) is 5.92 Å². The maximum atomic E-state index is 13.7. The summed E-state index contributed by atoms with van der Waals surface area (Å²) in [5, 5.41) is 18.7. The first-order chi connectivity index (χ1) is 20.2. The Hall–Kier alpha value is -3.99. The van der Waals surface area contributed by atoms with Crippen molar-refractivity contribution >= 4 is 29.3 Å². The number of aliphatic hydroxyl groups is 1. The van der Waals surface area contributed by atoms with Crippen LogP contribution < -0.4 is 25.4 Å². The zero-order valence-corrected chi connectivity index (χ0v) is 24.9. The normalized spacial score (nSPS) is 19.8. The Morgan fingerprint density at radius 3 is 2.50 bits per heavy atom. The van der Waals surface area contributed by atoms with Crippen molar-refractivity contribution in [3.63, 3.8) is 0 Å². The molecule has 0 saturated heterocycles. The second-order valence-electron chi connectivity index (χ2n) is 11.3. The van der Waals surface area contributed by atoms with Crippen molar-refractivity contribution in [3.8, 4) is 11.5 Å². The smallest absolute Gasteiger partial charge is 0.323 e. The second kappa shape index (κ2) is 14.3. The molecule has 228 valence electrons. The van der Waals surface area contributed by atoms with E-state index < -0.39 is 18.2 Å². The van der Waals surface area contributed by atoms with Gasteiger partial charge in [0, 0.05) is 31.2 Å². The van der Waals surface area contributed by atoms with Gasteiger partial charge in [-0.3, -0.25) is 4.79 Å². The number of aliphatic hydroxyl groups excluding tert-OH is 1. The van der Waals surface area contributed by atoms with Crippen LogP contribution in [0.25, 0.3) is 0 Å². The molecule has 0 radical (unpaired) electrons. The Morgan fingerprint density at radius 1 is 1.12 bits per heavy atom. The number of carbonyl (C=O) groups excluding carboxylic acids is 3. The molecule has 42 heavy (non-hydrogen) atoms. The van der Waals surface area contributed by atoms with Gasteiger partial charge in [-0.05, 0) is 56.2 Å². The van der Waals surface area contributed by atoms with Crippen molar-refractivity contribution in [2.75, 3.05) is 44.5 Å². The van der Waals surface area contributed by atoms with Gasteiger partial charge in [-0.15, -0.1) is 0 Å². The Kier molecular flexibility index (Phi) is 10.5. The number of nitrogens with one attached hydrogen (secondary N) is 3. The first kappa shape index (κ1) is 31.0. The number of likely N-dealkylation sites (N-methyl/N-ethyl adjacent to an activating group) is 1. The Bertz CT molecular complexity index is 1230. The minimum Gasteiger partial charge on any atom is -0.497 e. The third kappa shape index (κ3) is 7.64. The van der Waals surface area contributed by atoms with Gasteiger partial charge in [-0.25, -0.2) is 9.59 Å². The third-order valence-corrected chi connectivity index (χ3v) is 8.02. The van der Waals surface area contributed by atoms with Crippen LogP contribution in [0.3, 0.4) is 0 Å². The number of methoxy groups -OCH3 is 1. The minimum absolute atomic E-state index is 0.165. The molecule has 11 nitrogen and oxygen atoms in total. The van der Waals surface area contributed by atoms with Crippen LogP contribution in [0.15, 0.2) is 42.5 Å². The summed E-state index contributed by atoms with van der Waals surface area (Å²) in [5.74, 6) is 0.387. The number of ether oxygens (including phenoxy) is 2. The van der Waals surface area contributed by atoms with E-state index in [9.17, 15) is 19.5 Å². The number of anilines is 2. The molecule has 1 fully saturated rings. The summed E-state index contributed by atoms with van der Waals surface area (Å²) in [6.07, 6.45) is 4.89. The summed E-state index contributed by atoms with van der Waals surface area (Å²) < 4.78 is 11.7. The second-order valence-corrected chi connectivity index (χ2v) is 11.3. The molecular weight excluding hydrogens is 538 g/mol. The van der Waals surface area contributed by atoms with E-state index in [4.69, 9.17) is 9.47 Å². The fraction of sp³-hybridized carbons (Fsp3) is 0.516. The van der Waals surface area contributed by atoms with E-state index in [0.29, 0.717) is 23.7 Å². The van der Waals surface area contributed by atoms with Gasteiger partial charge in [0.05, 0.1) is 37.6 Å². The van der Waals surface area contributed by atoms with Crippen LogP contribution in [-0.4, -0.2) is 84.9 Å². The number of urea groups is 2. The number of fused-ring (bicyclic) bond motifs is 1. The minimum atomic E-state index is -0.513. The number of amides is 5. The van der Waals surface area contributed by atoms with Gasteiger partial charge >= 0.3 is 12.1 Å². The van der Waals surface area contributed by atoms with Gasteiger partial charge in [-0.1, -0.05) is 32.3 Å². The van der Waals surface area contributed by atoms with Crippen molar-refractivity contribution < 1.29 is 29.0 Å². The molecule has 1 heterocycles. The van der Waals surface area contributed by atoms with Crippen molar-refractivity contribution in [2.45, 2.75) is 64.1 Å². The average Bonchev–Trinajstić information content (AvgIpc) is 2.99. The highest BCUT2D eigenvalue weighted by Crippen LogP contribution is 2.35. The molecule has 0 bridgehead atoms. The summed E-state index contributed by atoms with van der Waals surface area (Å²) >= 11 is 0. The third-order valence-electron chi connectivity index (χ3n) is 8.02. The predicted octanol–water partition coefficient (Wildman–Crippen LogP) is 4.53. The number of benzene rings is 2. The molecule has 0 spiro atoms. The highest BCUT2D eigenvalue weighted by Gasteiger charge is 2.35. The quantitative estimate of drug-likeness (QED) is 0.362. The van der Waals surface area contributed by atoms with Crippen molar-refractivity contribution in [3.05, 3.63) is 48.0 Å². The zero-order valence-electron chi connectivity index (χ0n) is 24.9. The molecule has 2 aromatic carbocycles. The highest BCUT2D eigenvalue weighted by molar-refractivity contribution is 6.04. The lowest BCUT2D eigenvalue weighted by atomic mass is 9.96. The van der Waals surface area contributed by atoms with Gasteiger partial charge in [0.15, 0.2) is 5.75 Å². The molecule has 2 aromatic rings. The lowest BCUT2D eigenvalue weighted by Gasteiger charge is -2.38. The molecule has 1 aliphatic heterocycles. The monoisotopic (exact) mass is 581 g/mol. The van der Waals surface area contributed by atoms with E-state index in [2.05, 4.69) is 16.0 Å².